The Morgan fingerprint density at radius 1 is 1.41 bits per heavy atom. The predicted octanol–water partition coefficient (Wildman–Crippen LogP) is 1.39. The molecule has 1 saturated carbocycles. The minimum Gasteiger partial charge on any atom is -0.481 e. The molecular weight excluding hydrogens is 218 g/mol. The molecule has 17 heavy (non-hydrogen) atoms. The van der Waals surface area contributed by atoms with E-state index in [2.05, 4.69) is 10.3 Å². The summed E-state index contributed by atoms with van der Waals surface area (Å²) < 4.78 is 5.06. The second kappa shape index (κ2) is 5.23. The Bertz CT molecular complexity index is 384. The molecule has 1 heterocycles. The fraction of sp³-hybridized carbons (Fsp3) is 0.583. The highest BCUT2D eigenvalue weighted by Crippen LogP contribution is 2.25. The summed E-state index contributed by atoms with van der Waals surface area (Å²) in [6.45, 7) is 0. The standard InChI is InChI=1S/C12H19N3O2/c1-17-11-7-6-8(13)12(15-11)14-9-4-2-3-5-10(9)16/h6-7,9-10,16H,2-5,13H2,1H3,(H,14,15)/t9-,10-/m0/s1. The van der Waals surface area contributed by atoms with E-state index in [1.54, 1.807) is 19.2 Å². The molecule has 0 saturated heterocycles. The number of pyridine rings is 1. The molecule has 94 valence electrons. The summed E-state index contributed by atoms with van der Waals surface area (Å²) in [5.41, 5.74) is 6.42. The van der Waals surface area contributed by atoms with Gasteiger partial charge in [-0.2, -0.15) is 4.98 Å². The number of nitrogens with two attached hydrogens (primary N) is 1. The Kier molecular flexibility index (Phi) is 3.68. The minimum absolute atomic E-state index is 0.0330. The van der Waals surface area contributed by atoms with Gasteiger partial charge in [0.05, 0.1) is 24.9 Å². The van der Waals surface area contributed by atoms with E-state index in [0.717, 1.165) is 25.7 Å². The largest absolute Gasteiger partial charge is 0.481 e. The number of anilines is 2. The van der Waals surface area contributed by atoms with E-state index in [1.165, 1.54) is 0 Å². The number of aromatic nitrogens is 1. The number of nitrogen functional groups attached to an aromatic ring is 1. The third kappa shape index (κ3) is 2.79. The van der Waals surface area contributed by atoms with Crippen LogP contribution < -0.4 is 15.8 Å². The molecule has 0 radical (unpaired) electrons. The lowest BCUT2D eigenvalue weighted by Gasteiger charge is -2.29. The molecule has 0 aliphatic heterocycles. The zero-order valence-corrected chi connectivity index (χ0v) is 10.0. The summed E-state index contributed by atoms with van der Waals surface area (Å²) in [7, 11) is 1.57. The van der Waals surface area contributed by atoms with Crippen molar-refractivity contribution < 1.29 is 9.84 Å². The van der Waals surface area contributed by atoms with E-state index < -0.39 is 0 Å². The second-order valence-electron chi connectivity index (χ2n) is 4.39. The van der Waals surface area contributed by atoms with Crippen LogP contribution in [0.5, 0.6) is 5.88 Å². The highest BCUT2D eigenvalue weighted by molar-refractivity contribution is 5.62. The smallest absolute Gasteiger partial charge is 0.215 e. The van der Waals surface area contributed by atoms with E-state index in [0.29, 0.717) is 17.4 Å². The first-order valence-electron chi connectivity index (χ1n) is 5.96. The summed E-state index contributed by atoms with van der Waals surface area (Å²) in [4.78, 5) is 4.25. The zero-order chi connectivity index (χ0) is 12.3. The van der Waals surface area contributed by atoms with Crippen LogP contribution in [0.1, 0.15) is 25.7 Å². The van der Waals surface area contributed by atoms with Crippen LogP contribution in [0.4, 0.5) is 11.5 Å². The summed E-state index contributed by atoms with van der Waals surface area (Å²) in [6.07, 6.45) is 3.66. The highest BCUT2D eigenvalue weighted by atomic mass is 16.5. The quantitative estimate of drug-likeness (QED) is 0.740. The molecule has 5 nitrogen and oxygen atoms in total. The maximum atomic E-state index is 9.89. The number of nitrogens with one attached hydrogen (secondary N) is 1. The Hall–Kier alpha value is -1.49. The van der Waals surface area contributed by atoms with Gasteiger partial charge in [-0.3, -0.25) is 0 Å². The van der Waals surface area contributed by atoms with Crippen LogP contribution in [0, 0.1) is 0 Å². The van der Waals surface area contributed by atoms with E-state index in [4.69, 9.17) is 10.5 Å². The number of rotatable bonds is 3. The molecule has 5 heteroatoms. The monoisotopic (exact) mass is 237 g/mol. The lowest BCUT2D eigenvalue weighted by molar-refractivity contribution is 0.116. The summed E-state index contributed by atoms with van der Waals surface area (Å²) in [5.74, 6) is 1.11. The van der Waals surface area contributed by atoms with Crippen LogP contribution >= 0.6 is 0 Å². The van der Waals surface area contributed by atoms with Crippen molar-refractivity contribution in [2.45, 2.75) is 37.8 Å². The zero-order valence-electron chi connectivity index (χ0n) is 10.0. The van der Waals surface area contributed by atoms with Gasteiger partial charge in [0, 0.05) is 6.07 Å². The maximum absolute atomic E-state index is 9.89. The van der Waals surface area contributed by atoms with Gasteiger partial charge in [0.25, 0.3) is 0 Å². The van der Waals surface area contributed by atoms with Gasteiger partial charge in [0.1, 0.15) is 0 Å². The molecule has 0 spiro atoms. The van der Waals surface area contributed by atoms with Gasteiger partial charge in [-0.25, -0.2) is 0 Å². The van der Waals surface area contributed by atoms with Gasteiger partial charge in [0.15, 0.2) is 5.82 Å². The average Bonchev–Trinajstić information content (AvgIpc) is 2.35. The van der Waals surface area contributed by atoms with E-state index in [1.807, 2.05) is 0 Å². The lowest BCUT2D eigenvalue weighted by atomic mass is 9.92. The van der Waals surface area contributed by atoms with Crippen LogP contribution in [0.2, 0.25) is 0 Å². The normalized spacial score (nSPS) is 24.4. The molecule has 2 atom stereocenters. The fourth-order valence-electron chi connectivity index (χ4n) is 2.14. The average molecular weight is 237 g/mol. The number of aliphatic hydroxyl groups is 1. The molecular formula is C12H19N3O2. The lowest BCUT2D eigenvalue weighted by Crippen LogP contribution is -2.36. The summed E-state index contributed by atoms with van der Waals surface area (Å²) >= 11 is 0. The fourth-order valence-corrected chi connectivity index (χ4v) is 2.14. The Balaban J connectivity index is 2.11. The molecule has 1 fully saturated rings. The van der Waals surface area contributed by atoms with Crippen LogP contribution in [0.15, 0.2) is 12.1 Å². The number of aliphatic hydroxyl groups excluding tert-OH is 1. The van der Waals surface area contributed by atoms with Crippen LogP contribution in [0.25, 0.3) is 0 Å². The maximum Gasteiger partial charge on any atom is 0.215 e. The minimum atomic E-state index is -0.323. The molecule has 2 rings (SSSR count). The van der Waals surface area contributed by atoms with E-state index in [9.17, 15) is 5.11 Å². The van der Waals surface area contributed by atoms with Gasteiger partial charge in [-0.1, -0.05) is 12.8 Å². The van der Waals surface area contributed by atoms with Crippen molar-refractivity contribution in [2.24, 2.45) is 0 Å². The number of nitrogens with zero attached hydrogens (tertiary/aromatic N) is 1. The van der Waals surface area contributed by atoms with Gasteiger partial charge < -0.3 is 20.9 Å². The van der Waals surface area contributed by atoms with Crippen molar-refractivity contribution in [2.75, 3.05) is 18.2 Å². The number of hydrogen-bond donors (Lipinski definition) is 3. The first kappa shape index (κ1) is 12.0. The summed E-state index contributed by atoms with van der Waals surface area (Å²) in [5, 5.41) is 13.1. The topological polar surface area (TPSA) is 80.4 Å². The number of methoxy groups -OCH3 is 1. The van der Waals surface area contributed by atoms with Crippen molar-refractivity contribution >= 4 is 11.5 Å². The van der Waals surface area contributed by atoms with Gasteiger partial charge >= 0.3 is 0 Å². The van der Waals surface area contributed by atoms with Crippen molar-refractivity contribution in [3.05, 3.63) is 12.1 Å². The first-order valence-corrected chi connectivity index (χ1v) is 5.96. The van der Waals surface area contributed by atoms with Gasteiger partial charge in [0.2, 0.25) is 5.88 Å². The van der Waals surface area contributed by atoms with Crippen LogP contribution in [0.3, 0.4) is 0 Å². The van der Waals surface area contributed by atoms with Crippen molar-refractivity contribution in [3.8, 4) is 5.88 Å². The molecule has 0 bridgehead atoms. The molecule has 0 unspecified atom stereocenters. The molecule has 1 aromatic heterocycles. The first-order chi connectivity index (χ1) is 8.20. The van der Waals surface area contributed by atoms with Crippen molar-refractivity contribution in [3.63, 3.8) is 0 Å². The van der Waals surface area contributed by atoms with Crippen molar-refractivity contribution in [1.29, 1.82) is 0 Å². The molecule has 4 N–H and O–H groups in total. The Morgan fingerprint density at radius 3 is 2.88 bits per heavy atom. The van der Waals surface area contributed by atoms with E-state index >= 15 is 0 Å². The van der Waals surface area contributed by atoms with Crippen molar-refractivity contribution in [1.82, 2.24) is 4.98 Å². The molecule has 1 aromatic rings. The highest BCUT2D eigenvalue weighted by Gasteiger charge is 2.23. The summed E-state index contributed by atoms with van der Waals surface area (Å²) in [6, 6.07) is 3.51. The van der Waals surface area contributed by atoms with Crippen LogP contribution in [-0.4, -0.2) is 29.3 Å². The predicted molar refractivity (Wildman–Crippen MR) is 67.1 cm³/mol. The second-order valence-corrected chi connectivity index (χ2v) is 4.39. The Labute approximate surface area is 101 Å². The molecule has 1 aliphatic rings. The van der Waals surface area contributed by atoms with Crippen LogP contribution in [-0.2, 0) is 0 Å². The van der Waals surface area contributed by atoms with Gasteiger partial charge in [-0.15, -0.1) is 0 Å². The number of hydrogen-bond acceptors (Lipinski definition) is 5. The van der Waals surface area contributed by atoms with Gasteiger partial charge in [-0.05, 0) is 18.9 Å². The molecule has 0 amide bonds. The molecule has 1 aliphatic carbocycles. The SMILES string of the molecule is COc1ccc(N)c(N[C@H]2CCCC[C@@H]2O)n1. The third-order valence-electron chi connectivity index (χ3n) is 3.16. The third-order valence-corrected chi connectivity index (χ3v) is 3.16. The Morgan fingerprint density at radius 2 is 2.18 bits per heavy atom. The molecule has 0 aromatic carbocycles. The van der Waals surface area contributed by atoms with E-state index in [-0.39, 0.29) is 12.1 Å². The number of ether oxygens (including phenoxy) is 1.